The van der Waals surface area contributed by atoms with E-state index in [0.717, 1.165) is 49.8 Å². The highest BCUT2D eigenvalue weighted by atomic mass is 16.5. The molecule has 1 aliphatic rings. The quantitative estimate of drug-likeness (QED) is 0.905. The number of nitrogens with zero attached hydrogens (tertiary/aromatic N) is 1. The monoisotopic (exact) mass is 292 g/mol. The van der Waals surface area contributed by atoms with Crippen LogP contribution in [0.3, 0.4) is 0 Å². The molecule has 4 nitrogen and oxygen atoms in total. The van der Waals surface area contributed by atoms with Crippen LogP contribution in [-0.4, -0.2) is 39.4 Å². The minimum atomic E-state index is 0.621. The van der Waals surface area contributed by atoms with E-state index in [0.29, 0.717) is 19.1 Å². The molecule has 0 spiro atoms. The molecule has 1 aromatic rings. The summed E-state index contributed by atoms with van der Waals surface area (Å²) in [5.74, 6) is 2.50. The molecule has 0 bridgehead atoms. The van der Waals surface area contributed by atoms with Crippen molar-refractivity contribution in [3.05, 3.63) is 18.2 Å². The summed E-state index contributed by atoms with van der Waals surface area (Å²) in [5, 5.41) is 3.50. The van der Waals surface area contributed by atoms with Gasteiger partial charge in [0, 0.05) is 19.2 Å². The van der Waals surface area contributed by atoms with E-state index in [1.807, 2.05) is 26.0 Å². The molecule has 21 heavy (non-hydrogen) atoms. The first-order chi connectivity index (χ1) is 10.2. The fourth-order valence-corrected chi connectivity index (χ4v) is 2.77. The Morgan fingerprint density at radius 1 is 1.24 bits per heavy atom. The largest absolute Gasteiger partial charge is 0.494 e. The molecule has 0 aliphatic carbocycles. The summed E-state index contributed by atoms with van der Waals surface area (Å²) in [6.07, 6.45) is 1.15. The molecule has 1 aliphatic heterocycles. The molecule has 1 N–H and O–H groups in total. The molecular weight excluding hydrogens is 264 g/mol. The second-order valence-corrected chi connectivity index (χ2v) is 5.60. The zero-order chi connectivity index (χ0) is 15.1. The van der Waals surface area contributed by atoms with Gasteiger partial charge in [-0.3, -0.25) is 0 Å². The summed E-state index contributed by atoms with van der Waals surface area (Å²) >= 11 is 0. The number of rotatable bonds is 5. The van der Waals surface area contributed by atoms with Crippen molar-refractivity contribution in [2.45, 2.75) is 27.2 Å². The predicted octanol–water partition coefficient (Wildman–Crippen LogP) is 2.92. The van der Waals surface area contributed by atoms with Gasteiger partial charge in [-0.25, -0.2) is 0 Å². The van der Waals surface area contributed by atoms with Gasteiger partial charge in [0.05, 0.1) is 18.9 Å². The summed E-state index contributed by atoms with van der Waals surface area (Å²) < 4.78 is 11.5. The fraction of sp³-hybridized carbons (Fsp3) is 0.647. The molecule has 0 amide bonds. The van der Waals surface area contributed by atoms with Crippen molar-refractivity contribution in [1.82, 2.24) is 5.32 Å². The van der Waals surface area contributed by atoms with Crippen LogP contribution in [0.25, 0.3) is 0 Å². The van der Waals surface area contributed by atoms with Crippen LogP contribution in [0.15, 0.2) is 18.2 Å². The van der Waals surface area contributed by atoms with Crippen LogP contribution in [-0.2, 0) is 0 Å². The van der Waals surface area contributed by atoms with Crippen molar-refractivity contribution in [1.29, 1.82) is 0 Å². The fourth-order valence-electron chi connectivity index (χ4n) is 2.77. The second-order valence-electron chi connectivity index (χ2n) is 5.60. The minimum Gasteiger partial charge on any atom is -0.494 e. The van der Waals surface area contributed by atoms with Crippen molar-refractivity contribution in [2.75, 3.05) is 44.3 Å². The van der Waals surface area contributed by atoms with Crippen molar-refractivity contribution in [3.63, 3.8) is 0 Å². The molecule has 1 heterocycles. The third-order valence-corrected chi connectivity index (χ3v) is 3.69. The average Bonchev–Trinajstić information content (AvgIpc) is 2.45. The number of nitrogens with one attached hydrogen (secondary N) is 1. The van der Waals surface area contributed by atoms with E-state index in [1.165, 1.54) is 0 Å². The Bertz CT molecular complexity index is 437. The minimum absolute atomic E-state index is 0.621. The lowest BCUT2D eigenvalue weighted by Crippen LogP contribution is -2.39. The first-order valence-corrected chi connectivity index (χ1v) is 8.09. The first kappa shape index (κ1) is 16.0. The number of hydrogen-bond acceptors (Lipinski definition) is 4. The van der Waals surface area contributed by atoms with Gasteiger partial charge in [-0.1, -0.05) is 6.92 Å². The van der Waals surface area contributed by atoms with Gasteiger partial charge in [-0.05, 0) is 51.4 Å². The van der Waals surface area contributed by atoms with Gasteiger partial charge in [0.2, 0.25) is 0 Å². The molecule has 2 rings (SSSR count). The van der Waals surface area contributed by atoms with Crippen LogP contribution < -0.4 is 19.7 Å². The summed E-state index contributed by atoms with van der Waals surface area (Å²) in [6.45, 7) is 12.0. The first-order valence-electron chi connectivity index (χ1n) is 8.09. The zero-order valence-electron chi connectivity index (χ0n) is 13.5. The van der Waals surface area contributed by atoms with Crippen molar-refractivity contribution < 1.29 is 9.47 Å². The predicted molar refractivity (Wildman–Crippen MR) is 87.6 cm³/mol. The van der Waals surface area contributed by atoms with E-state index in [9.17, 15) is 0 Å². The van der Waals surface area contributed by atoms with E-state index in [1.54, 1.807) is 0 Å². The Balaban J connectivity index is 2.25. The smallest absolute Gasteiger partial charge is 0.142 e. The van der Waals surface area contributed by atoms with E-state index in [4.69, 9.17) is 9.47 Å². The molecule has 0 saturated carbocycles. The highest BCUT2D eigenvalue weighted by Gasteiger charge is 2.18. The molecule has 0 radical (unpaired) electrons. The molecule has 1 aromatic carbocycles. The van der Waals surface area contributed by atoms with Gasteiger partial charge < -0.3 is 19.7 Å². The Hall–Kier alpha value is -1.42. The maximum absolute atomic E-state index is 5.82. The highest BCUT2D eigenvalue weighted by Crippen LogP contribution is 2.33. The summed E-state index contributed by atoms with van der Waals surface area (Å²) in [6, 6.07) is 6.15. The molecule has 1 unspecified atom stereocenters. The van der Waals surface area contributed by atoms with E-state index in [-0.39, 0.29) is 0 Å². The molecule has 118 valence electrons. The van der Waals surface area contributed by atoms with Crippen molar-refractivity contribution in [2.24, 2.45) is 5.92 Å². The maximum Gasteiger partial charge on any atom is 0.142 e. The van der Waals surface area contributed by atoms with Crippen LogP contribution in [0.5, 0.6) is 11.5 Å². The van der Waals surface area contributed by atoms with Crippen LogP contribution in [0.2, 0.25) is 0 Å². The zero-order valence-corrected chi connectivity index (χ0v) is 13.5. The Morgan fingerprint density at radius 3 is 2.81 bits per heavy atom. The van der Waals surface area contributed by atoms with Crippen LogP contribution >= 0.6 is 0 Å². The molecule has 1 fully saturated rings. The number of benzene rings is 1. The Morgan fingerprint density at radius 2 is 2.05 bits per heavy atom. The standard InChI is InChI=1S/C17H28N2O2/c1-4-20-15-7-8-17(21-5-2)16(11-15)19-10-6-9-18-12-14(3)13-19/h7-8,11,14,18H,4-6,9-10,12-13H2,1-3H3. The number of anilines is 1. The van der Waals surface area contributed by atoms with Crippen LogP contribution in [0.4, 0.5) is 5.69 Å². The lowest BCUT2D eigenvalue weighted by Gasteiger charge is -2.32. The van der Waals surface area contributed by atoms with Crippen LogP contribution in [0, 0.1) is 5.92 Å². The lowest BCUT2D eigenvalue weighted by molar-refractivity contribution is 0.330. The van der Waals surface area contributed by atoms with Gasteiger partial charge in [0.25, 0.3) is 0 Å². The van der Waals surface area contributed by atoms with Gasteiger partial charge >= 0.3 is 0 Å². The normalized spacial score (nSPS) is 19.8. The summed E-state index contributed by atoms with van der Waals surface area (Å²) in [4.78, 5) is 2.44. The highest BCUT2D eigenvalue weighted by molar-refractivity contribution is 5.61. The number of hydrogen-bond donors (Lipinski definition) is 1. The Kier molecular flexibility index (Phi) is 6.18. The van der Waals surface area contributed by atoms with Gasteiger partial charge in [0.15, 0.2) is 0 Å². The Labute approximate surface area is 128 Å². The molecular formula is C17H28N2O2. The SMILES string of the molecule is CCOc1ccc(OCC)c(N2CCCNCC(C)C2)c1. The molecule has 4 heteroatoms. The van der Waals surface area contributed by atoms with E-state index < -0.39 is 0 Å². The summed E-state index contributed by atoms with van der Waals surface area (Å²) in [5.41, 5.74) is 1.16. The second kappa shape index (κ2) is 8.13. The van der Waals surface area contributed by atoms with E-state index in [2.05, 4.69) is 23.2 Å². The van der Waals surface area contributed by atoms with Crippen LogP contribution in [0.1, 0.15) is 27.2 Å². The van der Waals surface area contributed by atoms with Gasteiger partial charge in [0.1, 0.15) is 11.5 Å². The maximum atomic E-state index is 5.82. The van der Waals surface area contributed by atoms with Gasteiger partial charge in [-0.15, -0.1) is 0 Å². The number of ether oxygens (including phenoxy) is 2. The van der Waals surface area contributed by atoms with E-state index >= 15 is 0 Å². The molecule has 1 saturated heterocycles. The summed E-state index contributed by atoms with van der Waals surface area (Å²) in [7, 11) is 0. The van der Waals surface area contributed by atoms with Crippen molar-refractivity contribution >= 4 is 5.69 Å². The lowest BCUT2D eigenvalue weighted by atomic mass is 10.1. The topological polar surface area (TPSA) is 33.7 Å². The van der Waals surface area contributed by atoms with Gasteiger partial charge in [-0.2, -0.15) is 0 Å². The average molecular weight is 292 g/mol. The third-order valence-electron chi connectivity index (χ3n) is 3.69. The third kappa shape index (κ3) is 4.53. The van der Waals surface area contributed by atoms with Crippen molar-refractivity contribution in [3.8, 4) is 11.5 Å². The molecule has 1 atom stereocenters. The molecule has 0 aromatic heterocycles.